The Hall–Kier alpha value is -6.04. The molecule has 2 N–H and O–H groups in total. The smallest absolute Gasteiger partial charge is 0.332 e. The van der Waals surface area contributed by atoms with Crippen molar-refractivity contribution >= 4 is 45.3 Å². The molecule has 2 atom stereocenters. The van der Waals surface area contributed by atoms with Crippen molar-refractivity contribution in [1.29, 1.82) is 0 Å². The van der Waals surface area contributed by atoms with Crippen molar-refractivity contribution in [3.8, 4) is 0 Å². The molecule has 0 aliphatic rings. The lowest BCUT2D eigenvalue weighted by Gasteiger charge is -2.16. The molecule has 0 saturated heterocycles. The number of imidazole rings is 2. The van der Waals surface area contributed by atoms with Gasteiger partial charge in [-0.2, -0.15) is 0 Å². The Bertz CT molecular complexity index is 2140. The first-order valence-corrected chi connectivity index (χ1v) is 16.1. The summed E-state index contributed by atoms with van der Waals surface area (Å²) >= 11 is 0. The van der Waals surface area contributed by atoms with Gasteiger partial charge in [0.15, 0.2) is 23.8 Å². The van der Waals surface area contributed by atoms with Crippen LogP contribution in [0.25, 0.3) is 21.8 Å². The summed E-state index contributed by atoms with van der Waals surface area (Å²) in [5, 5.41) is 1.51. The van der Waals surface area contributed by atoms with E-state index in [-0.39, 0.29) is 24.4 Å². The molecule has 0 saturated carbocycles. The van der Waals surface area contributed by atoms with Crippen molar-refractivity contribution in [2.24, 2.45) is 14.1 Å². The van der Waals surface area contributed by atoms with Crippen LogP contribution in [0.15, 0.2) is 73.6 Å². The van der Waals surface area contributed by atoms with E-state index >= 15 is 0 Å². The van der Waals surface area contributed by atoms with Crippen LogP contribution in [-0.4, -0.2) is 52.6 Å². The molecule has 256 valence electrons. The van der Waals surface area contributed by atoms with Gasteiger partial charge in [-0.1, -0.05) is 24.3 Å². The number of esters is 2. The fourth-order valence-corrected chi connectivity index (χ4v) is 6.17. The van der Waals surface area contributed by atoms with Gasteiger partial charge in [0.25, 0.3) is 0 Å². The van der Waals surface area contributed by atoms with Crippen molar-refractivity contribution in [2.75, 3.05) is 0 Å². The maximum Gasteiger partial charge on any atom is 0.332 e. The van der Waals surface area contributed by atoms with Crippen molar-refractivity contribution < 1.29 is 28.7 Å². The molecule has 0 aliphatic heterocycles. The Morgan fingerprint density at radius 1 is 0.680 bits per heavy atom. The van der Waals surface area contributed by atoms with E-state index < -0.39 is 24.1 Å². The number of nitrogens with zero attached hydrogens (tertiary/aromatic N) is 4. The Labute approximate surface area is 288 Å². The van der Waals surface area contributed by atoms with Gasteiger partial charge in [-0.25, -0.2) is 19.6 Å². The summed E-state index contributed by atoms with van der Waals surface area (Å²) in [6.45, 7) is 7.55. The summed E-state index contributed by atoms with van der Waals surface area (Å²) in [4.78, 5) is 68.4. The number of carbonyl (C=O) groups excluding carboxylic acids is 4. The van der Waals surface area contributed by atoms with E-state index in [0.29, 0.717) is 22.5 Å². The third-order valence-corrected chi connectivity index (χ3v) is 8.88. The molecule has 4 heterocycles. The number of aryl methyl sites for hydroxylation is 6. The molecule has 0 aliphatic carbocycles. The van der Waals surface area contributed by atoms with Crippen LogP contribution < -0.4 is 0 Å². The van der Waals surface area contributed by atoms with Gasteiger partial charge in [-0.3, -0.25) is 9.59 Å². The van der Waals surface area contributed by atoms with E-state index in [9.17, 15) is 19.2 Å². The van der Waals surface area contributed by atoms with Crippen LogP contribution in [-0.2, 0) is 55.6 Å². The van der Waals surface area contributed by atoms with Crippen LogP contribution >= 0.6 is 0 Å². The molecular formula is C38H38N6O6. The zero-order valence-electron chi connectivity index (χ0n) is 28.7. The van der Waals surface area contributed by atoms with Crippen LogP contribution in [0.2, 0.25) is 0 Å². The lowest BCUT2D eigenvalue weighted by atomic mass is 10.00. The molecule has 0 radical (unpaired) electrons. The monoisotopic (exact) mass is 674 g/mol. The van der Waals surface area contributed by atoms with Gasteiger partial charge in [0, 0.05) is 83.0 Å². The number of carbonyl (C=O) groups is 4. The standard InChI is InChI=1S/C38H38N6O6/c1-21-7-9-25-27(17-43(5)31(25)13-21)37(33(45)15-29-23(3)39-19-41-29)49-35(47)11-12-36(48)50-38(34(46)16-30-24(4)40-20-42-30)28-18-44(6)32-14-22(2)8-10-26(28)32/h7-14,17-20,37-38H,15-16H2,1-6H3,(H,39,41)(H,40,42)/b12-11-. The Morgan fingerprint density at radius 3 is 1.44 bits per heavy atom. The minimum absolute atomic E-state index is 0.0783. The summed E-state index contributed by atoms with van der Waals surface area (Å²) in [5.74, 6) is -2.64. The summed E-state index contributed by atoms with van der Waals surface area (Å²) in [7, 11) is 3.70. The zero-order chi connectivity index (χ0) is 35.7. The SMILES string of the molecule is Cc1ccc2c(C(OC(=O)/C=C\C(=O)OC(C(=O)Cc3nc[nH]c3C)c3cn(C)c4cc(C)ccc34)C(=O)Cc3nc[nH]c3C)cn(C)c2c1. The number of rotatable bonds is 12. The Balaban J connectivity index is 1.26. The number of aromatic amines is 2. The first-order chi connectivity index (χ1) is 23.9. The molecule has 50 heavy (non-hydrogen) atoms. The maximum atomic E-state index is 13.7. The number of benzene rings is 2. The third-order valence-electron chi connectivity index (χ3n) is 8.88. The second kappa shape index (κ2) is 13.8. The van der Waals surface area contributed by atoms with Gasteiger partial charge in [0.05, 0.1) is 36.9 Å². The van der Waals surface area contributed by atoms with Gasteiger partial charge in [0.2, 0.25) is 0 Å². The predicted octanol–water partition coefficient (Wildman–Crippen LogP) is 5.40. The third kappa shape index (κ3) is 6.91. The van der Waals surface area contributed by atoms with Crippen LogP contribution in [0, 0.1) is 27.7 Å². The van der Waals surface area contributed by atoms with E-state index in [4.69, 9.17) is 9.47 Å². The largest absolute Gasteiger partial charge is 0.446 e. The molecule has 12 heteroatoms. The molecule has 0 bridgehead atoms. The summed E-state index contributed by atoms with van der Waals surface area (Å²) in [6, 6.07) is 11.6. The van der Waals surface area contributed by atoms with Crippen LogP contribution in [0.3, 0.4) is 0 Å². The van der Waals surface area contributed by atoms with Crippen molar-refractivity contribution in [1.82, 2.24) is 29.1 Å². The second-order valence-electron chi connectivity index (χ2n) is 12.6. The molecule has 0 spiro atoms. The highest BCUT2D eigenvalue weighted by molar-refractivity contribution is 5.99. The number of H-pyrrole nitrogens is 2. The number of ketones is 2. The number of nitrogens with one attached hydrogen (secondary N) is 2. The number of aromatic nitrogens is 6. The zero-order valence-corrected chi connectivity index (χ0v) is 28.7. The number of fused-ring (bicyclic) bond motifs is 2. The minimum Gasteiger partial charge on any atom is -0.446 e. The highest BCUT2D eigenvalue weighted by Crippen LogP contribution is 2.32. The number of Topliss-reactive ketones (excluding diaryl/α,β-unsaturated/α-hetero) is 2. The summed E-state index contributed by atoms with van der Waals surface area (Å²) in [5.41, 5.74) is 7.36. The highest BCUT2D eigenvalue weighted by atomic mass is 16.6. The normalized spacial score (nSPS) is 12.8. The quantitative estimate of drug-likeness (QED) is 0.129. The summed E-state index contributed by atoms with van der Waals surface area (Å²) in [6.07, 6.45) is 5.62. The maximum absolute atomic E-state index is 13.7. The van der Waals surface area contributed by atoms with Crippen molar-refractivity contribution in [2.45, 2.75) is 52.7 Å². The number of ether oxygens (including phenoxy) is 2. The predicted molar refractivity (Wildman–Crippen MR) is 186 cm³/mol. The average molecular weight is 675 g/mol. The van der Waals surface area contributed by atoms with Crippen LogP contribution in [0.5, 0.6) is 0 Å². The molecule has 12 nitrogen and oxygen atoms in total. The molecular weight excluding hydrogens is 636 g/mol. The lowest BCUT2D eigenvalue weighted by Crippen LogP contribution is -2.22. The molecule has 0 fully saturated rings. The van der Waals surface area contributed by atoms with E-state index in [2.05, 4.69) is 19.9 Å². The van der Waals surface area contributed by atoms with Gasteiger partial charge >= 0.3 is 11.9 Å². The van der Waals surface area contributed by atoms with Gasteiger partial charge in [0.1, 0.15) is 0 Å². The molecule has 2 aromatic carbocycles. The van der Waals surface area contributed by atoms with Gasteiger partial charge in [-0.05, 0) is 51.0 Å². The van der Waals surface area contributed by atoms with E-state index in [1.54, 1.807) is 26.2 Å². The topological polar surface area (TPSA) is 154 Å². The first kappa shape index (κ1) is 33.8. The van der Waals surface area contributed by atoms with E-state index in [0.717, 1.165) is 56.5 Å². The molecule has 0 amide bonds. The van der Waals surface area contributed by atoms with Gasteiger partial charge < -0.3 is 28.6 Å². The summed E-state index contributed by atoms with van der Waals surface area (Å²) < 4.78 is 15.3. The second-order valence-corrected chi connectivity index (χ2v) is 12.6. The fourth-order valence-electron chi connectivity index (χ4n) is 6.17. The van der Waals surface area contributed by atoms with Gasteiger partial charge in [-0.15, -0.1) is 0 Å². The average Bonchev–Trinajstić information content (AvgIpc) is 3.84. The molecule has 6 aromatic rings. The number of hydrogen-bond acceptors (Lipinski definition) is 8. The minimum atomic E-state index is -1.28. The molecule has 4 aromatic heterocycles. The van der Waals surface area contributed by atoms with Crippen molar-refractivity contribution in [3.05, 3.63) is 119 Å². The molecule has 2 unspecified atom stereocenters. The van der Waals surface area contributed by atoms with E-state index in [1.807, 2.05) is 73.5 Å². The molecule has 6 rings (SSSR count). The van der Waals surface area contributed by atoms with Crippen molar-refractivity contribution in [3.63, 3.8) is 0 Å². The van der Waals surface area contributed by atoms with Crippen LogP contribution in [0.4, 0.5) is 0 Å². The lowest BCUT2D eigenvalue weighted by molar-refractivity contribution is -0.152. The number of hydrogen-bond donors (Lipinski definition) is 2. The van der Waals surface area contributed by atoms with E-state index in [1.165, 1.54) is 12.7 Å². The highest BCUT2D eigenvalue weighted by Gasteiger charge is 2.31. The Kier molecular flexibility index (Phi) is 9.36. The Morgan fingerprint density at radius 2 is 1.08 bits per heavy atom. The van der Waals surface area contributed by atoms with Crippen LogP contribution in [0.1, 0.15) is 57.2 Å². The fraction of sp³-hybridized carbons (Fsp3) is 0.263. The first-order valence-electron chi connectivity index (χ1n) is 16.1.